The number of nitrogens with one attached hydrogen (secondary N) is 2. The molecule has 156 valence electrons. The zero-order chi connectivity index (χ0) is 19.2. The topological polar surface area (TPSA) is 74.9 Å². The number of ether oxygens (including phenoxy) is 1. The fourth-order valence-electron chi connectivity index (χ4n) is 3.12. The highest BCUT2D eigenvalue weighted by Crippen LogP contribution is 2.27. The maximum absolute atomic E-state index is 5.63. The molecule has 3 rings (SSSR count). The first kappa shape index (κ1) is 23.1. The quantitative estimate of drug-likeness (QED) is 0.347. The molecule has 1 unspecified atom stereocenters. The third-order valence-corrected chi connectivity index (χ3v) is 5.84. The molecule has 2 aromatic rings. The fraction of sp³-hybridized carbons (Fsp3) is 0.579. The highest BCUT2D eigenvalue weighted by Gasteiger charge is 2.24. The number of aryl methyl sites for hydroxylation is 3. The second kappa shape index (κ2) is 11.1. The van der Waals surface area contributed by atoms with E-state index >= 15 is 0 Å². The molecule has 1 fully saturated rings. The van der Waals surface area contributed by atoms with Crippen LogP contribution < -0.4 is 10.6 Å². The number of aromatic nitrogens is 1. The van der Waals surface area contributed by atoms with Crippen LogP contribution in [0.3, 0.4) is 0 Å². The fourth-order valence-corrected chi connectivity index (χ4v) is 4.13. The molecular formula is C19H30IN5O2S. The first-order chi connectivity index (χ1) is 13.1. The Morgan fingerprint density at radius 3 is 2.57 bits per heavy atom. The number of hydrogen-bond acceptors (Lipinski definition) is 6. The second-order valence-corrected chi connectivity index (χ2v) is 7.99. The number of halogens is 1. The summed E-state index contributed by atoms with van der Waals surface area (Å²) >= 11 is 1.86. The van der Waals surface area contributed by atoms with Gasteiger partial charge < -0.3 is 19.8 Å². The van der Waals surface area contributed by atoms with Crippen LogP contribution in [0.2, 0.25) is 0 Å². The third kappa shape index (κ3) is 6.16. The van der Waals surface area contributed by atoms with E-state index in [1.807, 2.05) is 25.2 Å². The SMILES string of the molecule is CN=C(NCc1nc(C)c(C)o1)NCC(c1ccc(C)s1)N1CCOCC1.I. The Morgan fingerprint density at radius 2 is 2.00 bits per heavy atom. The van der Waals surface area contributed by atoms with E-state index in [1.165, 1.54) is 9.75 Å². The molecule has 0 saturated carbocycles. The number of rotatable bonds is 6. The smallest absolute Gasteiger partial charge is 0.214 e. The highest BCUT2D eigenvalue weighted by atomic mass is 127. The maximum Gasteiger partial charge on any atom is 0.214 e. The number of nitrogens with zero attached hydrogens (tertiary/aromatic N) is 3. The molecule has 1 atom stereocenters. The summed E-state index contributed by atoms with van der Waals surface area (Å²) in [6, 6.07) is 4.72. The van der Waals surface area contributed by atoms with E-state index in [-0.39, 0.29) is 24.0 Å². The van der Waals surface area contributed by atoms with E-state index in [4.69, 9.17) is 9.15 Å². The van der Waals surface area contributed by atoms with Gasteiger partial charge in [-0.2, -0.15) is 0 Å². The molecule has 2 aromatic heterocycles. The Bertz CT molecular complexity index is 751. The maximum atomic E-state index is 5.63. The van der Waals surface area contributed by atoms with Crippen molar-refractivity contribution in [1.82, 2.24) is 20.5 Å². The van der Waals surface area contributed by atoms with Crippen molar-refractivity contribution in [2.45, 2.75) is 33.4 Å². The first-order valence-electron chi connectivity index (χ1n) is 9.32. The van der Waals surface area contributed by atoms with Gasteiger partial charge in [0.15, 0.2) is 5.96 Å². The Kier molecular flexibility index (Phi) is 9.19. The Balaban J connectivity index is 0.00000280. The number of morpholine rings is 1. The summed E-state index contributed by atoms with van der Waals surface area (Å²) in [6.45, 7) is 10.8. The van der Waals surface area contributed by atoms with Gasteiger partial charge in [-0.1, -0.05) is 0 Å². The number of oxazole rings is 1. The summed E-state index contributed by atoms with van der Waals surface area (Å²) in [7, 11) is 1.78. The van der Waals surface area contributed by atoms with Crippen LogP contribution in [0.1, 0.15) is 33.1 Å². The lowest BCUT2D eigenvalue weighted by Gasteiger charge is -2.34. The van der Waals surface area contributed by atoms with E-state index in [0.717, 1.165) is 50.3 Å². The standard InChI is InChI=1S/C19H29N5O2S.HI/c1-13-5-6-17(27-13)16(24-7-9-25-10-8-24)11-21-19(20-4)22-12-18-23-14(2)15(3)26-18;/h5-6,16H,7-12H2,1-4H3,(H2,20,21,22);1H. The molecule has 3 heterocycles. The van der Waals surface area contributed by atoms with Crippen LogP contribution in [0.5, 0.6) is 0 Å². The normalized spacial score (nSPS) is 16.5. The zero-order valence-electron chi connectivity index (χ0n) is 16.9. The van der Waals surface area contributed by atoms with Crippen LogP contribution in [-0.4, -0.2) is 55.7 Å². The van der Waals surface area contributed by atoms with E-state index in [9.17, 15) is 0 Å². The Hall–Kier alpha value is -1.17. The molecule has 9 heteroatoms. The number of aliphatic imine (C=N–C) groups is 1. The molecule has 1 aliphatic heterocycles. The van der Waals surface area contributed by atoms with Gasteiger partial charge >= 0.3 is 0 Å². The van der Waals surface area contributed by atoms with Crippen molar-refractivity contribution in [2.75, 3.05) is 39.9 Å². The summed E-state index contributed by atoms with van der Waals surface area (Å²) in [5, 5.41) is 6.74. The molecule has 1 saturated heterocycles. The van der Waals surface area contributed by atoms with Crippen LogP contribution in [0, 0.1) is 20.8 Å². The molecule has 0 aliphatic carbocycles. The van der Waals surface area contributed by atoms with Crippen LogP contribution in [0.4, 0.5) is 0 Å². The van der Waals surface area contributed by atoms with Gasteiger partial charge in [-0.25, -0.2) is 4.98 Å². The molecule has 2 N–H and O–H groups in total. The minimum absolute atomic E-state index is 0. The van der Waals surface area contributed by atoms with Crippen molar-refractivity contribution < 1.29 is 9.15 Å². The third-order valence-electron chi connectivity index (χ3n) is 4.74. The van der Waals surface area contributed by atoms with Crippen molar-refractivity contribution >= 4 is 41.3 Å². The highest BCUT2D eigenvalue weighted by molar-refractivity contribution is 14.0. The minimum Gasteiger partial charge on any atom is -0.444 e. The lowest BCUT2D eigenvalue weighted by atomic mass is 10.2. The van der Waals surface area contributed by atoms with Crippen molar-refractivity contribution in [3.05, 3.63) is 39.2 Å². The van der Waals surface area contributed by atoms with Gasteiger partial charge in [-0.3, -0.25) is 9.89 Å². The summed E-state index contributed by atoms with van der Waals surface area (Å²) < 4.78 is 11.1. The molecule has 0 aromatic carbocycles. The summed E-state index contributed by atoms with van der Waals surface area (Å²) in [4.78, 5) is 13.9. The lowest BCUT2D eigenvalue weighted by molar-refractivity contribution is 0.0177. The number of thiophene rings is 1. The Labute approximate surface area is 188 Å². The molecular weight excluding hydrogens is 489 g/mol. The van der Waals surface area contributed by atoms with E-state index in [2.05, 4.69) is 44.6 Å². The van der Waals surface area contributed by atoms with Gasteiger partial charge in [-0.15, -0.1) is 35.3 Å². The molecule has 0 amide bonds. The van der Waals surface area contributed by atoms with Gasteiger partial charge in [0.25, 0.3) is 0 Å². The number of guanidine groups is 1. The van der Waals surface area contributed by atoms with Gasteiger partial charge in [0, 0.05) is 36.4 Å². The monoisotopic (exact) mass is 519 g/mol. The molecule has 28 heavy (non-hydrogen) atoms. The summed E-state index contributed by atoms with van der Waals surface area (Å²) in [5.74, 6) is 2.27. The van der Waals surface area contributed by atoms with Crippen LogP contribution >= 0.6 is 35.3 Å². The molecule has 0 spiro atoms. The molecule has 0 radical (unpaired) electrons. The predicted molar refractivity (Wildman–Crippen MR) is 124 cm³/mol. The predicted octanol–water partition coefficient (Wildman–Crippen LogP) is 3.02. The first-order valence-corrected chi connectivity index (χ1v) is 10.1. The van der Waals surface area contributed by atoms with E-state index < -0.39 is 0 Å². The van der Waals surface area contributed by atoms with Gasteiger partial charge in [-0.05, 0) is 32.9 Å². The van der Waals surface area contributed by atoms with Gasteiger partial charge in [0.2, 0.25) is 5.89 Å². The lowest BCUT2D eigenvalue weighted by Crippen LogP contribution is -2.46. The van der Waals surface area contributed by atoms with E-state index in [0.29, 0.717) is 18.5 Å². The summed E-state index contributed by atoms with van der Waals surface area (Å²) in [5.41, 5.74) is 0.926. The van der Waals surface area contributed by atoms with Crippen molar-refractivity contribution in [3.63, 3.8) is 0 Å². The molecule has 7 nitrogen and oxygen atoms in total. The largest absolute Gasteiger partial charge is 0.444 e. The number of hydrogen-bond donors (Lipinski definition) is 2. The van der Waals surface area contributed by atoms with Crippen molar-refractivity contribution in [2.24, 2.45) is 4.99 Å². The van der Waals surface area contributed by atoms with Crippen molar-refractivity contribution in [1.29, 1.82) is 0 Å². The van der Waals surface area contributed by atoms with Crippen LogP contribution in [0.15, 0.2) is 21.5 Å². The van der Waals surface area contributed by atoms with Crippen molar-refractivity contribution in [3.8, 4) is 0 Å². The Morgan fingerprint density at radius 1 is 1.25 bits per heavy atom. The second-order valence-electron chi connectivity index (χ2n) is 6.67. The van der Waals surface area contributed by atoms with Gasteiger partial charge in [0.1, 0.15) is 5.76 Å². The summed E-state index contributed by atoms with van der Waals surface area (Å²) in [6.07, 6.45) is 0. The molecule has 1 aliphatic rings. The van der Waals surface area contributed by atoms with Crippen LogP contribution in [-0.2, 0) is 11.3 Å². The average molecular weight is 519 g/mol. The average Bonchev–Trinajstić information content (AvgIpc) is 3.24. The van der Waals surface area contributed by atoms with Crippen LogP contribution in [0.25, 0.3) is 0 Å². The molecule has 0 bridgehead atoms. The zero-order valence-corrected chi connectivity index (χ0v) is 20.1. The minimum atomic E-state index is 0. The van der Waals surface area contributed by atoms with E-state index in [1.54, 1.807) is 7.05 Å². The van der Waals surface area contributed by atoms with Gasteiger partial charge in [0.05, 0.1) is 31.5 Å².